The summed E-state index contributed by atoms with van der Waals surface area (Å²) in [6.45, 7) is 19.8. The van der Waals surface area contributed by atoms with Gasteiger partial charge in [-0.1, -0.05) is 25.1 Å². The van der Waals surface area contributed by atoms with Crippen molar-refractivity contribution in [1.82, 2.24) is 19.3 Å². The van der Waals surface area contributed by atoms with E-state index in [1.165, 1.54) is 60.8 Å². The fraction of sp³-hybridized carbons (Fsp3) is 0.238. The Kier molecular flexibility index (Phi) is 7.51. The van der Waals surface area contributed by atoms with Crippen molar-refractivity contribution in [2.75, 3.05) is 0 Å². The second-order valence-electron chi connectivity index (χ2n) is 13.0. The summed E-state index contributed by atoms with van der Waals surface area (Å²) in [4.78, 5) is 4.74. The summed E-state index contributed by atoms with van der Waals surface area (Å²) in [6, 6.07) is 25.5. The standard InChI is InChI=1S/C42H42N4O/c1-10-32-20-33(46-31(9)42(30(8)44-46)41-28(6)26(4)25(3)27(5)29(41)7)22-35(21-32)47-34-15-16-37-36-13-11-12-14-38(36)45(39(37)23-34)40-19-24(2)17-18-43-40/h11-23H,10H2,1-9H3. The maximum Gasteiger partial charge on any atom is 0.137 e. The molecule has 4 aromatic carbocycles. The van der Waals surface area contributed by atoms with Crippen molar-refractivity contribution in [2.45, 2.75) is 68.7 Å². The van der Waals surface area contributed by atoms with Crippen LogP contribution < -0.4 is 4.74 Å². The molecule has 47 heavy (non-hydrogen) atoms. The summed E-state index contributed by atoms with van der Waals surface area (Å²) in [5.74, 6) is 2.46. The second-order valence-corrected chi connectivity index (χ2v) is 13.0. The molecule has 5 nitrogen and oxygen atoms in total. The minimum absolute atomic E-state index is 0.777. The van der Waals surface area contributed by atoms with Gasteiger partial charge in [0.2, 0.25) is 0 Å². The van der Waals surface area contributed by atoms with Crippen molar-refractivity contribution in [3.63, 3.8) is 0 Å². The largest absolute Gasteiger partial charge is 0.457 e. The first-order valence-electron chi connectivity index (χ1n) is 16.5. The molecule has 0 fully saturated rings. The van der Waals surface area contributed by atoms with E-state index in [0.29, 0.717) is 0 Å². The molecule has 0 atom stereocenters. The molecule has 0 spiro atoms. The first-order valence-corrected chi connectivity index (χ1v) is 16.5. The normalized spacial score (nSPS) is 11.6. The van der Waals surface area contributed by atoms with Crippen LogP contribution >= 0.6 is 0 Å². The molecule has 236 valence electrons. The first-order chi connectivity index (χ1) is 22.6. The van der Waals surface area contributed by atoms with Gasteiger partial charge in [0.25, 0.3) is 0 Å². The molecule has 0 unspecified atom stereocenters. The summed E-state index contributed by atoms with van der Waals surface area (Å²) < 4.78 is 11.0. The molecular weight excluding hydrogens is 576 g/mol. The Hall–Kier alpha value is -5.16. The van der Waals surface area contributed by atoms with Gasteiger partial charge in [-0.2, -0.15) is 5.10 Å². The highest BCUT2D eigenvalue weighted by Crippen LogP contribution is 2.39. The van der Waals surface area contributed by atoms with Crippen molar-refractivity contribution in [2.24, 2.45) is 0 Å². The molecule has 0 radical (unpaired) electrons. The van der Waals surface area contributed by atoms with Gasteiger partial charge in [0.15, 0.2) is 0 Å². The van der Waals surface area contributed by atoms with E-state index in [1.54, 1.807) is 0 Å². The van der Waals surface area contributed by atoms with E-state index in [0.717, 1.165) is 51.8 Å². The molecule has 3 aromatic heterocycles. The summed E-state index contributed by atoms with van der Waals surface area (Å²) in [5, 5.41) is 7.47. The van der Waals surface area contributed by atoms with Gasteiger partial charge in [-0.25, -0.2) is 9.67 Å². The minimum Gasteiger partial charge on any atom is -0.457 e. The van der Waals surface area contributed by atoms with Crippen LogP contribution in [0.15, 0.2) is 79.0 Å². The third-order valence-corrected chi connectivity index (χ3v) is 10.2. The number of hydrogen-bond acceptors (Lipinski definition) is 3. The Labute approximate surface area is 277 Å². The number of para-hydroxylation sites is 1. The molecule has 5 heteroatoms. The van der Waals surface area contributed by atoms with Crippen molar-refractivity contribution in [3.05, 3.63) is 129 Å². The number of hydrogen-bond donors (Lipinski definition) is 0. The van der Waals surface area contributed by atoms with Gasteiger partial charge in [0.1, 0.15) is 17.3 Å². The lowest BCUT2D eigenvalue weighted by atomic mass is 9.85. The summed E-state index contributed by atoms with van der Waals surface area (Å²) in [6.07, 6.45) is 2.76. The van der Waals surface area contributed by atoms with Crippen LogP contribution in [0.4, 0.5) is 0 Å². The Bertz CT molecular complexity index is 2320. The van der Waals surface area contributed by atoms with Crippen LogP contribution in [-0.4, -0.2) is 19.3 Å². The molecule has 3 heterocycles. The third kappa shape index (κ3) is 5.01. The van der Waals surface area contributed by atoms with E-state index in [4.69, 9.17) is 14.8 Å². The number of nitrogens with zero attached hydrogens (tertiary/aromatic N) is 4. The van der Waals surface area contributed by atoms with Crippen molar-refractivity contribution in [1.29, 1.82) is 0 Å². The van der Waals surface area contributed by atoms with E-state index >= 15 is 0 Å². The molecule has 0 amide bonds. The van der Waals surface area contributed by atoms with Crippen molar-refractivity contribution >= 4 is 21.8 Å². The molecule has 0 N–H and O–H groups in total. The summed E-state index contributed by atoms with van der Waals surface area (Å²) >= 11 is 0. The van der Waals surface area contributed by atoms with Crippen LogP contribution in [0.1, 0.15) is 57.3 Å². The van der Waals surface area contributed by atoms with Gasteiger partial charge in [0.05, 0.1) is 22.4 Å². The van der Waals surface area contributed by atoms with Crippen LogP contribution in [0, 0.1) is 55.4 Å². The second kappa shape index (κ2) is 11.6. The number of ether oxygens (including phenoxy) is 1. The third-order valence-electron chi connectivity index (χ3n) is 10.2. The zero-order valence-electron chi connectivity index (χ0n) is 28.9. The average molecular weight is 619 g/mol. The quantitative estimate of drug-likeness (QED) is 0.186. The van der Waals surface area contributed by atoms with Crippen LogP contribution in [0.3, 0.4) is 0 Å². The number of fused-ring (bicyclic) bond motifs is 3. The highest BCUT2D eigenvalue weighted by Gasteiger charge is 2.22. The van der Waals surface area contributed by atoms with Gasteiger partial charge in [-0.05, 0) is 149 Å². The first kappa shape index (κ1) is 30.5. The summed E-state index contributed by atoms with van der Waals surface area (Å²) in [7, 11) is 0. The predicted molar refractivity (Wildman–Crippen MR) is 195 cm³/mol. The average Bonchev–Trinajstić information content (AvgIpc) is 3.55. The van der Waals surface area contributed by atoms with E-state index in [2.05, 4.69) is 138 Å². The Morgan fingerprint density at radius 2 is 1.34 bits per heavy atom. The van der Waals surface area contributed by atoms with E-state index < -0.39 is 0 Å². The number of rotatable bonds is 6. The Morgan fingerprint density at radius 1 is 0.638 bits per heavy atom. The lowest BCUT2D eigenvalue weighted by Crippen LogP contribution is -2.03. The number of aryl methyl sites for hydroxylation is 3. The smallest absolute Gasteiger partial charge is 0.137 e. The van der Waals surface area contributed by atoms with Gasteiger partial charge in [-0.15, -0.1) is 0 Å². The molecule has 0 aliphatic heterocycles. The molecular formula is C42H42N4O. The molecule has 7 aromatic rings. The monoisotopic (exact) mass is 618 g/mol. The Balaban J connectivity index is 1.33. The lowest BCUT2D eigenvalue weighted by molar-refractivity contribution is 0.482. The Morgan fingerprint density at radius 3 is 2.06 bits per heavy atom. The van der Waals surface area contributed by atoms with Gasteiger partial charge < -0.3 is 4.74 Å². The lowest BCUT2D eigenvalue weighted by Gasteiger charge is -2.19. The van der Waals surface area contributed by atoms with Gasteiger partial charge in [-0.3, -0.25) is 4.57 Å². The van der Waals surface area contributed by atoms with Crippen LogP contribution in [0.2, 0.25) is 0 Å². The highest BCUT2D eigenvalue weighted by molar-refractivity contribution is 6.09. The molecule has 0 saturated heterocycles. The fourth-order valence-corrected chi connectivity index (χ4v) is 7.20. The van der Waals surface area contributed by atoms with E-state index in [-0.39, 0.29) is 0 Å². The number of pyridine rings is 1. The van der Waals surface area contributed by atoms with Crippen LogP contribution in [0.25, 0.3) is 44.4 Å². The van der Waals surface area contributed by atoms with Gasteiger partial charge in [0, 0.05) is 40.4 Å². The number of benzene rings is 4. The van der Waals surface area contributed by atoms with E-state index in [9.17, 15) is 0 Å². The summed E-state index contributed by atoms with van der Waals surface area (Å²) in [5.41, 5.74) is 17.0. The fourth-order valence-electron chi connectivity index (χ4n) is 7.20. The SMILES string of the molecule is CCc1cc(Oc2ccc3c4ccccc4n(-c4cc(C)ccn4)c3c2)cc(-n2nc(C)c(-c3c(C)c(C)c(C)c(C)c3C)c2C)c1. The van der Waals surface area contributed by atoms with Crippen molar-refractivity contribution < 1.29 is 4.74 Å². The van der Waals surface area contributed by atoms with Crippen LogP contribution in [0.5, 0.6) is 11.5 Å². The van der Waals surface area contributed by atoms with Gasteiger partial charge >= 0.3 is 0 Å². The van der Waals surface area contributed by atoms with E-state index in [1.807, 2.05) is 12.3 Å². The number of aromatic nitrogens is 4. The topological polar surface area (TPSA) is 44.9 Å². The maximum atomic E-state index is 6.67. The molecule has 0 bridgehead atoms. The molecule has 0 saturated carbocycles. The maximum absolute atomic E-state index is 6.67. The molecule has 7 rings (SSSR count). The minimum atomic E-state index is 0.777. The zero-order valence-corrected chi connectivity index (χ0v) is 28.9. The molecule has 0 aliphatic carbocycles. The zero-order chi connectivity index (χ0) is 33.1. The predicted octanol–water partition coefficient (Wildman–Crippen LogP) is 10.9. The molecule has 0 aliphatic rings. The van der Waals surface area contributed by atoms with Crippen molar-refractivity contribution in [3.8, 4) is 34.1 Å². The van der Waals surface area contributed by atoms with Crippen LogP contribution in [-0.2, 0) is 6.42 Å². The highest BCUT2D eigenvalue weighted by atomic mass is 16.5.